The fraction of sp³-hybridized carbons (Fsp3) is 0.160. The number of methoxy groups -OCH3 is 1. The summed E-state index contributed by atoms with van der Waals surface area (Å²) in [7, 11) is 1.48. The van der Waals surface area contributed by atoms with Crippen molar-refractivity contribution in [3.63, 3.8) is 0 Å². The van der Waals surface area contributed by atoms with E-state index in [4.69, 9.17) is 9.72 Å². The van der Waals surface area contributed by atoms with Gasteiger partial charge in [-0.1, -0.05) is 42.5 Å². The van der Waals surface area contributed by atoms with Gasteiger partial charge in [-0.25, -0.2) is 10.5 Å². The highest BCUT2D eigenvalue weighted by atomic mass is 16.5. The van der Waals surface area contributed by atoms with E-state index in [0.717, 1.165) is 30.6 Å². The van der Waals surface area contributed by atoms with Crippen molar-refractivity contribution in [2.75, 3.05) is 13.7 Å². The minimum atomic E-state index is -0.677. The summed E-state index contributed by atoms with van der Waals surface area (Å²) in [6, 6.07) is 16.3. The van der Waals surface area contributed by atoms with Crippen LogP contribution in [0.25, 0.3) is 33.3 Å². The Hall–Kier alpha value is -3.81. The number of amides is 1. The standard InChI is InChI=1S/C25H22N4O3/c1-32-24-22(25(30)29-31)20-14-27-11-9-21(20)28-23(24)16-4-2-15(3-5-16)17-6-7-19-13-26-10-8-18(19)12-17/h2-7,9,11-12,14,26,31H,8,10,13H2,1H3,(H,29,30). The van der Waals surface area contributed by atoms with Crippen LogP contribution in [0, 0.1) is 0 Å². The summed E-state index contributed by atoms with van der Waals surface area (Å²) in [6.45, 7) is 1.92. The first-order valence-electron chi connectivity index (χ1n) is 10.4. The number of aromatic nitrogens is 2. The molecular weight excluding hydrogens is 404 g/mol. The zero-order valence-electron chi connectivity index (χ0n) is 17.6. The number of benzene rings is 2. The lowest BCUT2D eigenvalue weighted by molar-refractivity contribution is 0.0705. The van der Waals surface area contributed by atoms with Crippen molar-refractivity contribution >= 4 is 16.8 Å². The highest BCUT2D eigenvalue weighted by Gasteiger charge is 2.22. The largest absolute Gasteiger partial charge is 0.494 e. The fourth-order valence-electron chi connectivity index (χ4n) is 4.24. The molecule has 0 saturated carbocycles. The molecule has 4 aromatic rings. The van der Waals surface area contributed by atoms with Gasteiger partial charge in [0.1, 0.15) is 5.69 Å². The monoisotopic (exact) mass is 426 g/mol. The second-order valence-corrected chi connectivity index (χ2v) is 7.69. The molecule has 2 aromatic heterocycles. The van der Waals surface area contributed by atoms with Gasteiger partial charge in [0.05, 0.1) is 18.2 Å². The van der Waals surface area contributed by atoms with Gasteiger partial charge in [-0.15, -0.1) is 0 Å². The van der Waals surface area contributed by atoms with Crippen LogP contribution in [0.5, 0.6) is 5.75 Å². The molecule has 2 aromatic carbocycles. The molecule has 0 saturated heterocycles. The molecule has 0 aliphatic carbocycles. The smallest absolute Gasteiger partial charge is 0.279 e. The van der Waals surface area contributed by atoms with Crippen LogP contribution in [-0.4, -0.2) is 34.7 Å². The lowest BCUT2D eigenvalue weighted by atomic mass is 9.94. The number of hydrogen-bond acceptors (Lipinski definition) is 6. The molecule has 3 heterocycles. The quantitative estimate of drug-likeness (QED) is 0.340. The molecule has 160 valence electrons. The Labute approximate surface area is 185 Å². The molecule has 0 bridgehead atoms. The number of hydrogen-bond donors (Lipinski definition) is 3. The normalized spacial score (nSPS) is 12.9. The first-order chi connectivity index (χ1) is 15.7. The number of ether oxygens (including phenoxy) is 1. The van der Waals surface area contributed by atoms with E-state index in [1.807, 2.05) is 24.3 Å². The van der Waals surface area contributed by atoms with Crippen LogP contribution >= 0.6 is 0 Å². The summed E-state index contributed by atoms with van der Waals surface area (Å²) >= 11 is 0. The number of carbonyl (C=O) groups excluding carboxylic acids is 1. The summed E-state index contributed by atoms with van der Waals surface area (Å²) in [5, 5.41) is 13.2. The molecule has 0 atom stereocenters. The molecule has 0 spiro atoms. The first-order valence-corrected chi connectivity index (χ1v) is 10.4. The van der Waals surface area contributed by atoms with Crippen molar-refractivity contribution in [1.29, 1.82) is 0 Å². The lowest BCUT2D eigenvalue weighted by Gasteiger charge is -2.18. The number of nitrogens with zero attached hydrogens (tertiary/aromatic N) is 2. The van der Waals surface area contributed by atoms with Crippen LogP contribution in [-0.2, 0) is 13.0 Å². The summed E-state index contributed by atoms with van der Waals surface area (Å²) in [5.74, 6) is -0.394. The Morgan fingerprint density at radius 1 is 1.06 bits per heavy atom. The molecule has 7 heteroatoms. The van der Waals surface area contributed by atoms with Crippen molar-refractivity contribution < 1.29 is 14.7 Å². The highest BCUT2D eigenvalue weighted by Crippen LogP contribution is 2.37. The van der Waals surface area contributed by atoms with Crippen molar-refractivity contribution in [3.05, 3.63) is 77.6 Å². The van der Waals surface area contributed by atoms with Crippen molar-refractivity contribution in [2.24, 2.45) is 0 Å². The lowest BCUT2D eigenvalue weighted by Crippen LogP contribution is -2.23. The van der Waals surface area contributed by atoms with Crippen LogP contribution < -0.4 is 15.5 Å². The minimum absolute atomic E-state index is 0.190. The molecule has 0 radical (unpaired) electrons. The van der Waals surface area contributed by atoms with Crippen LogP contribution in [0.3, 0.4) is 0 Å². The molecule has 3 N–H and O–H groups in total. The maximum Gasteiger partial charge on any atom is 0.279 e. The van der Waals surface area contributed by atoms with Gasteiger partial charge < -0.3 is 10.1 Å². The number of fused-ring (bicyclic) bond motifs is 2. The zero-order chi connectivity index (χ0) is 22.1. The predicted molar refractivity (Wildman–Crippen MR) is 122 cm³/mol. The Morgan fingerprint density at radius 3 is 2.62 bits per heavy atom. The van der Waals surface area contributed by atoms with Crippen LogP contribution in [0.4, 0.5) is 0 Å². The first kappa shape index (κ1) is 20.1. The molecule has 0 fully saturated rings. The van der Waals surface area contributed by atoms with Crippen molar-refractivity contribution in [1.82, 2.24) is 20.8 Å². The number of nitrogens with one attached hydrogen (secondary N) is 2. The second kappa shape index (κ2) is 8.37. The van der Waals surface area contributed by atoms with Gasteiger partial charge in [0.2, 0.25) is 0 Å². The van der Waals surface area contributed by atoms with E-state index in [2.05, 4.69) is 28.5 Å². The Balaban J connectivity index is 1.59. The molecule has 7 nitrogen and oxygen atoms in total. The van der Waals surface area contributed by atoms with Gasteiger partial charge >= 0.3 is 0 Å². The second-order valence-electron chi connectivity index (χ2n) is 7.69. The van der Waals surface area contributed by atoms with Gasteiger partial charge in [0.25, 0.3) is 5.91 Å². The topological polar surface area (TPSA) is 96.4 Å². The zero-order valence-corrected chi connectivity index (χ0v) is 17.6. The number of pyridine rings is 2. The van der Waals surface area contributed by atoms with E-state index >= 15 is 0 Å². The summed E-state index contributed by atoms with van der Waals surface area (Å²) in [5.41, 5.74) is 8.81. The Bertz CT molecular complexity index is 1320. The van der Waals surface area contributed by atoms with E-state index in [1.54, 1.807) is 17.7 Å². The molecule has 1 aliphatic heterocycles. The van der Waals surface area contributed by atoms with Crippen LogP contribution in [0.15, 0.2) is 60.9 Å². The van der Waals surface area contributed by atoms with Crippen LogP contribution in [0.2, 0.25) is 0 Å². The number of hydroxylamine groups is 1. The highest BCUT2D eigenvalue weighted by molar-refractivity contribution is 6.09. The molecule has 1 amide bonds. The minimum Gasteiger partial charge on any atom is -0.494 e. The maximum atomic E-state index is 12.4. The van der Waals surface area contributed by atoms with Gasteiger partial charge in [-0.05, 0) is 41.3 Å². The molecule has 0 unspecified atom stereocenters. The van der Waals surface area contributed by atoms with Crippen molar-refractivity contribution in [2.45, 2.75) is 13.0 Å². The van der Waals surface area contributed by atoms with Crippen molar-refractivity contribution in [3.8, 4) is 28.1 Å². The molecular formula is C25H22N4O3. The maximum absolute atomic E-state index is 12.4. The van der Waals surface area contributed by atoms with Gasteiger partial charge in [-0.2, -0.15) is 0 Å². The van der Waals surface area contributed by atoms with Gasteiger partial charge in [0.15, 0.2) is 5.75 Å². The van der Waals surface area contributed by atoms with E-state index in [9.17, 15) is 10.0 Å². The third kappa shape index (κ3) is 3.47. The number of rotatable bonds is 4. The van der Waals surface area contributed by atoms with Crippen LogP contribution in [0.1, 0.15) is 21.5 Å². The van der Waals surface area contributed by atoms with E-state index in [-0.39, 0.29) is 11.3 Å². The van der Waals surface area contributed by atoms with E-state index in [0.29, 0.717) is 16.6 Å². The predicted octanol–water partition coefficient (Wildman–Crippen LogP) is 3.74. The third-order valence-corrected chi connectivity index (χ3v) is 5.86. The average Bonchev–Trinajstić information content (AvgIpc) is 2.86. The summed E-state index contributed by atoms with van der Waals surface area (Å²) < 4.78 is 5.57. The van der Waals surface area contributed by atoms with E-state index < -0.39 is 5.91 Å². The molecule has 5 rings (SSSR count). The number of carbonyl (C=O) groups is 1. The van der Waals surface area contributed by atoms with Gasteiger partial charge in [0, 0.05) is 29.9 Å². The third-order valence-electron chi connectivity index (χ3n) is 5.86. The van der Waals surface area contributed by atoms with Gasteiger partial charge in [-0.3, -0.25) is 15.0 Å². The van der Waals surface area contributed by atoms with E-state index in [1.165, 1.54) is 30.0 Å². The summed E-state index contributed by atoms with van der Waals surface area (Å²) in [4.78, 5) is 21.2. The fourth-order valence-corrected chi connectivity index (χ4v) is 4.24. The molecule has 1 aliphatic rings. The SMILES string of the molecule is COc1c(-c2ccc(-c3ccc4c(c3)CCNC4)cc2)nc2ccncc2c1C(=O)NO. The summed E-state index contributed by atoms with van der Waals surface area (Å²) in [6.07, 6.45) is 4.18. The molecule has 32 heavy (non-hydrogen) atoms. The Morgan fingerprint density at radius 2 is 1.84 bits per heavy atom. The average molecular weight is 426 g/mol. The Kier molecular flexibility index (Phi) is 5.26.